The Balaban J connectivity index is 2.23. The molecule has 1 aliphatic rings. The van der Waals surface area contributed by atoms with E-state index in [1.54, 1.807) is 0 Å². The van der Waals surface area contributed by atoms with Crippen LogP contribution in [0.3, 0.4) is 0 Å². The van der Waals surface area contributed by atoms with E-state index in [9.17, 15) is 4.79 Å². The van der Waals surface area contributed by atoms with Gasteiger partial charge in [-0.25, -0.2) is 4.79 Å². The zero-order valence-corrected chi connectivity index (χ0v) is 15.6. The van der Waals surface area contributed by atoms with Crippen molar-refractivity contribution in [2.75, 3.05) is 7.11 Å². The molecule has 2 aromatic rings. The number of hydrogen-bond acceptors (Lipinski definition) is 2. The Morgan fingerprint density at radius 2 is 2.00 bits per heavy atom. The van der Waals surface area contributed by atoms with E-state index in [0.717, 1.165) is 12.8 Å². The third-order valence-electron chi connectivity index (χ3n) is 6.10. The maximum Gasteiger partial charge on any atom is 0.337 e. The molecule has 0 saturated heterocycles. The number of nitrogens with zero attached hydrogens (tertiary/aromatic N) is 1. The molecule has 0 atom stereocenters. The minimum atomic E-state index is -0.254. The molecule has 0 saturated carbocycles. The summed E-state index contributed by atoms with van der Waals surface area (Å²) in [5, 5.41) is 1.24. The average Bonchev–Trinajstić information content (AvgIpc) is 2.93. The van der Waals surface area contributed by atoms with E-state index in [-0.39, 0.29) is 5.97 Å². The highest BCUT2D eigenvalue weighted by Gasteiger charge is 2.35. The van der Waals surface area contributed by atoms with Crippen LogP contribution in [-0.2, 0) is 17.6 Å². The van der Waals surface area contributed by atoms with Gasteiger partial charge in [-0.3, -0.25) is 0 Å². The summed E-state index contributed by atoms with van der Waals surface area (Å²) < 4.78 is 7.39. The Kier molecular flexibility index (Phi) is 4.46. The minimum absolute atomic E-state index is 0.254. The van der Waals surface area contributed by atoms with E-state index < -0.39 is 0 Å². The molecule has 0 N–H and O–H groups in total. The Morgan fingerprint density at radius 3 is 2.58 bits per heavy atom. The molecule has 0 amide bonds. The van der Waals surface area contributed by atoms with Crippen molar-refractivity contribution in [3.8, 4) is 0 Å². The smallest absolute Gasteiger partial charge is 0.337 e. The summed E-state index contributed by atoms with van der Waals surface area (Å²) in [5.74, 6) is -0.254. The Morgan fingerprint density at radius 1 is 1.29 bits per heavy atom. The first kappa shape index (κ1) is 17.1. The van der Waals surface area contributed by atoms with Crippen LogP contribution in [0.15, 0.2) is 18.2 Å². The Bertz CT molecular complexity index is 766. The van der Waals surface area contributed by atoms with Gasteiger partial charge in [0.25, 0.3) is 0 Å². The normalized spacial score (nSPS) is 16.4. The molecule has 0 fully saturated rings. The summed E-state index contributed by atoms with van der Waals surface area (Å²) in [6, 6.07) is 6.46. The fourth-order valence-corrected chi connectivity index (χ4v) is 4.44. The largest absolute Gasteiger partial charge is 0.465 e. The number of methoxy groups -OCH3 is 1. The Hall–Kier alpha value is -1.77. The van der Waals surface area contributed by atoms with Crippen molar-refractivity contribution < 1.29 is 9.53 Å². The highest BCUT2D eigenvalue weighted by Crippen LogP contribution is 2.45. The van der Waals surface area contributed by atoms with E-state index in [1.807, 2.05) is 12.1 Å². The lowest BCUT2D eigenvalue weighted by molar-refractivity contribution is 0.0601. The summed E-state index contributed by atoms with van der Waals surface area (Å²) in [5.41, 5.74) is 5.24. The van der Waals surface area contributed by atoms with E-state index in [2.05, 4.69) is 38.3 Å². The molecule has 0 aliphatic heterocycles. The van der Waals surface area contributed by atoms with Crippen LogP contribution in [-0.4, -0.2) is 17.6 Å². The summed E-state index contributed by atoms with van der Waals surface area (Å²) in [7, 11) is 1.44. The molecule has 24 heavy (non-hydrogen) atoms. The number of esters is 1. The molecule has 0 radical (unpaired) electrons. The molecular formula is C21H29NO2. The van der Waals surface area contributed by atoms with Gasteiger partial charge < -0.3 is 9.30 Å². The summed E-state index contributed by atoms with van der Waals surface area (Å²) in [4.78, 5) is 12.0. The van der Waals surface area contributed by atoms with Gasteiger partial charge in [-0.2, -0.15) is 0 Å². The topological polar surface area (TPSA) is 31.2 Å². The van der Waals surface area contributed by atoms with Gasteiger partial charge in [0.2, 0.25) is 0 Å². The molecular weight excluding hydrogens is 298 g/mol. The standard InChI is InChI=1S/C21H29NO2/c1-6-21(7-2)11-10-19-17(13-21)16-12-15(20(23)24-5)8-9-18(16)22(19)14(3)4/h8-9,12,14H,6-7,10-11,13H2,1-5H3. The highest BCUT2D eigenvalue weighted by atomic mass is 16.5. The second kappa shape index (κ2) is 6.27. The predicted molar refractivity (Wildman–Crippen MR) is 98.7 cm³/mol. The number of ether oxygens (including phenoxy) is 1. The van der Waals surface area contributed by atoms with Gasteiger partial charge in [0.15, 0.2) is 0 Å². The molecule has 0 spiro atoms. The van der Waals surface area contributed by atoms with E-state index in [0.29, 0.717) is 17.0 Å². The number of hydrogen-bond donors (Lipinski definition) is 0. The molecule has 130 valence electrons. The van der Waals surface area contributed by atoms with Crippen molar-refractivity contribution in [2.45, 2.75) is 65.8 Å². The summed E-state index contributed by atoms with van der Waals surface area (Å²) >= 11 is 0. The molecule has 0 bridgehead atoms. The fraction of sp³-hybridized carbons (Fsp3) is 0.571. The number of carbonyl (C=O) groups excluding carboxylic acids is 1. The van der Waals surface area contributed by atoms with Crippen LogP contribution >= 0.6 is 0 Å². The summed E-state index contributed by atoms with van der Waals surface area (Å²) in [6.07, 6.45) is 5.95. The van der Waals surface area contributed by atoms with Gasteiger partial charge in [-0.05, 0) is 62.3 Å². The Labute approximate surface area is 145 Å². The van der Waals surface area contributed by atoms with Crippen LogP contribution < -0.4 is 0 Å². The lowest BCUT2D eigenvalue weighted by Crippen LogP contribution is -2.28. The number of benzene rings is 1. The fourth-order valence-electron chi connectivity index (χ4n) is 4.44. The SMILES string of the molecule is CCC1(CC)CCc2c(c3cc(C(=O)OC)ccc3n2C(C)C)C1. The summed E-state index contributed by atoms with van der Waals surface area (Å²) in [6.45, 7) is 9.12. The van der Waals surface area contributed by atoms with E-state index in [1.165, 1.54) is 48.5 Å². The number of fused-ring (bicyclic) bond motifs is 3. The lowest BCUT2D eigenvalue weighted by atomic mass is 9.69. The quantitative estimate of drug-likeness (QED) is 0.713. The molecule has 1 aromatic heterocycles. The molecule has 3 heteroatoms. The monoisotopic (exact) mass is 327 g/mol. The number of carbonyl (C=O) groups is 1. The van der Waals surface area contributed by atoms with E-state index in [4.69, 9.17) is 4.74 Å². The second-order valence-electron chi connectivity index (χ2n) is 7.50. The third-order valence-corrected chi connectivity index (χ3v) is 6.10. The number of rotatable bonds is 4. The maximum atomic E-state index is 12.0. The predicted octanol–water partition coefficient (Wildman–Crippen LogP) is 5.30. The number of aromatic nitrogens is 1. The molecule has 3 rings (SSSR count). The first-order chi connectivity index (χ1) is 11.5. The second-order valence-corrected chi connectivity index (χ2v) is 7.50. The molecule has 1 heterocycles. The van der Waals surface area contributed by atoms with Crippen LogP contribution in [0, 0.1) is 5.41 Å². The third kappa shape index (κ3) is 2.54. The zero-order chi connectivity index (χ0) is 17.5. The minimum Gasteiger partial charge on any atom is -0.465 e. The highest BCUT2D eigenvalue weighted by molar-refractivity contribution is 5.96. The van der Waals surface area contributed by atoms with Gasteiger partial charge in [-0.15, -0.1) is 0 Å². The molecule has 1 aromatic carbocycles. The van der Waals surface area contributed by atoms with Crippen LogP contribution in [0.25, 0.3) is 10.9 Å². The van der Waals surface area contributed by atoms with Gasteiger partial charge >= 0.3 is 5.97 Å². The molecule has 1 aliphatic carbocycles. The first-order valence-electron chi connectivity index (χ1n) is 9.20. The van der Waals surface area contributed by atoms with Gasteiger partial charge in [0.1, 0.15) is 0 Å². The van der Waals surface area contributed by atoms with E-state index >= 15 is 0 Å². The molecule has 3 nitrogen and oxygen atoms in total. The lowest BCUT2D eigenvalue weighted by Gasteiger charge is -2.36. The van der Waals surface area contributed by atoms with Crippen molar-refractivity contribution in [3.63, 3.8) is 0 Å². The van der Waals surface area contributed by atoms with Crippen LogP contribution in [0.5, 0.6) is 0 Å². The van der Waals surface area contributed by atoms with Crippen molar-refractivity contribution in [3.05, 3.63) is 35.0 Å². The van der Waals surface area contributed by atoms with Crippen LogP contribution in [0.2, 0.25) is 0 Å². The van der Waals surface area contributed by atoms with Gasteiger partial charge in [-0.1, -0.05) is 26.7 Å². The van der Waals surface area contributed by atoms with Crippen molar-refractivity contribution in [1.29, 1.82) is 0 Å². The maximum absolute atomic E-state index is 12.0. The van der Waals surface area contributed by atoms with Crippen molar-refractivity contribution in [2.24, 2.45) is 5.41 Å². The van der Waals surface area contributed by atoms with Crippen molar-refractivity contribution >= 4 is 16.9 Å². The van der Waals surface area contributed by atoms with Gasteiger partial charge in [0.05, 0.1) is 12.7 Å². The van der Waals surface area contributed by atoms with Crippen LogP contribution in [0.1, 0.15) is 74.6 Å². The average molecular weight is 327 g/mol. The first-order valence-corrected chi connectivity index (χ1v) is 9.20. The van der Waals surface area contributed by atoms with Crippen LogP contribution in [0.4, 0.5) is 0 Å². The zero-order valence-electron chi connectivity index (χ0n) is 15.6. The van der Waals surface area contributed by atoms with Gasteiger partial charge in [0, 0.05) is 22.6 Å². The molecule has 0 unspecified atom stereocenters. The van der Waals surface area contributed by atoms with Crippen molar-refractivity contribution in [1.82, 2.24) is 4.57 Å².